The minimum absolute atomic E-state index is 0.0359. The molecule has 1 saturated carbocycles. The average molecular weight is 204 g/mol. The zero-order chi connectivity index (χ0) is 11.0. The summed E-state index contributed by atoms with van der Waals surface area (Å²) in [6, 6.07) is 0. The van der Waals surface area contributed by atoms with Gasteiger partial charge in [-0.15, -0.1) is 0 Å². The monoisotopic (exact) mass is 204 g/mol. The molecule has 0 aliphatic heterocycles. The summed E-state index contributed by atoms with van der Waals surface area (Å²) in [5.74, 6) is -0.597. The Balaban J connectivity index is 0.000000241. The molecule has 1 fully saturated rings. The van der Waals surface area contributed by atoms with Crippen LogP contribution in [0.15, 0.2) is 0 Å². The zero-order valence-corrected chi connectivity index (χ0v) is 8.90. The van der Waals surface area contributed by atoms with Crippen LogP contribution in [0.5, 0.6) is 0 Å². The Morgan fingerprint density at radius 1 is 1.36 bits per heavy atom. The van der Waals surface area contributed by atoms with Crippen molar-refractivity contribution >= 4 is 5.97 Å². The van der Waals surface area contributed by atoms with Gasteiger partial charge >= 0.3 is 5.97 Å². The van der Waals surface area contributed by atoms with Crippen LogP contribution in [-0.2, 0) is 9.53 Å². The number of carbonyl (C=O) groups is 1. The number of hydrogen-bond acceptors (Lipinski definition) is 4. The first-order chi connectivity index (χ1) is 6.57. The lowest BCUT2D eigenvalue weighted by atomic mass is 9.98. The van der Waals surface area contributed by atoms with E-state index in [4.69, 9.17) is 10.2 Å². The third kappa shape index (κ3) is 6.86. The van der Waals surface area contributed by atoms with Crippen molar-refractivity contribution in [3.8, 4) is 0 Å². The number of methoxy groups -OCH3 is 1. The van der Waals surface area contributed by atoms with Crippen LogP contribution in [0.25, 0.3) is 0 Å². The molecule has 0 aromatic carbocycles. The lowest BCUT2D eigenvalue weighted by Gasteiger charge is -2.14. The van der Waals surface area contributed by atoms with E-state index in [1.165, 1.54) is 33.3 Å². The van der Waals surface area contributed by atoms with E-state index in [0.717, 1.165) is 12.8 Å². The summed E-state index contributed by atoms with van der Waals surface area (Å²) in [6.45, 7) is 1.35. The molecule has 0 spiro atoms. The first-order valence-electron chi connectivity index (χ1n) is 5.02. The standard InChI is InChI=1S/C6H12O.C4H8O3/c7-6-4-2-1-3-5-6;1-3(5)4(6)7-2/h6-7H,1-5H2;3,5H,1-2H3. The molecule has 14 heavy (non-hydrogen) atoms. The Hall–Kier alpha value is -0.610. The van der Waals surface area contributed by atoms with Crippen molar-refractivity contribution in [3.05, 3.63) is 0 Å². The molecule has 0 aromatic rings. The molecule has 0 aromatic heterocycles. The van der Waals surface area contributed by atoms with Crippen molar-refractivity contribution in [2.75, 3.05) is 7.11 Å². The molecule has 1 atom stereocenters. The van der Waals surface area contributed by atoms with E-state index in [1.54, 1.807) is 0 Å². The quantitative estimate of drug-likeness (QED) is 0.621. The summed E-state index contributed by atoms with van der Waals surface area (Å²) in [5, 5.41) is 17.3. The van der Waals surface area contributed by atoms with Crippen LogP contribution in [0.3, 0.4) is 0 Å². The minimum Gasteiger partial charge on any atom is -0.467 e. The largest absolute Gasteiger partial charge is 0.467 e. The Kier molecular flexibility index (Phi) is 7.42. The summed E-state index contributed by atoms with van der Waals surface area (Å²) in [7, 11) is 1.23. The van der Waals surface area contributed by atoms with E-state index in [2.05, 4.69) is 4.74 Å². The molecule has 0 saturated heterocycles. The molecule has 4 heteroatoms. The highest BCUT2D eigenvalue weighted by atomic mass is 16.5. The number of ether oxygens (including phenoxy) is 1. The Labute approximate surface area is 84.9 Å². The van der Waals surface area contributed by atoms with E-state index in [0.29, 0.717) is 0 Å². The number of aliphatic hydroxyl groups excluding tert-OH is 2. The Morgan fingerprint density at radius 2 is 1.86 bits per heavy atom. The maximum Gasteiger partial charge on any atom is 0.334 e. The molecular weight excluding hydrogens is 184 g/mol. The molecular formula is C10H20O4. The van der Waals surface area contributed by atoms with Gasteiger partial charge in [-0.3, -0.25) is 0 Å². The van der Waals surface area contributed by atoms with E-state index in [-0.39, 0.29) is 6.10 Å². The molecule has 1 rings (SSSR count). The van der Waals surface area contributed by atoms with Gasteiger partial charge in [0.2, 0.25) is 0 Å². The molecule has 1 aliphatic rings. The highest BCUT2D eigenvalue weighted by molar-refractivity contribution is 5.73. The van der Waals surface area contributed by atoms with Crippen LogP contribution in [0, 0.1) is 0 Å². The van der Waals surface area contributed by atoms with Crippen LogP contribution >= 0.6 is 0 Å². The van der Waals surface area contributed by atoms with Crippen LogP contribution in [0.2, 0.25) is 0 Å². The van der Waals surface area contributed by atoms with E-state index >= 15 is 0 Å². The third-order valence-corrected chi connectivity index (χ3v) is 2.12. The maximum absolute atomic E-state index is 10.0. The van der Waals surface area contributed by atoms with E-state index in [1.807, 2.05) is 0 Å². The van der Waals surface area contributed by atoms with Crippen LogP contribution < -0.4 is 0 Å². The van der Waals surface area contributed by atoms with Gasteiger partial charge in [-0.25, -0.2) is 4.79 Å². The van der Waals surface area contributed by atoms with Crippen molar-refractivity contribution < 1.29 is 19.7 Å². The molecule has 0 amide bonds. The van der Waals surface area contributed by atoms with Crippen molar-refractivity contribution in [1.29, 1.82) is 0 Å². The fourth-order valence-corrected chi connectivity index (χ4v) is 1.25. The molecule has 0 radical (unpaired) electrons. The molecule has 1 aliphatic carbocycles. The van der Waals surface area contributed by atoms with Crippen molar-refractivity contribution in [2.45, 2.75) is 51.2 Å². The van der Waals surface area contributed by atoms with Crippen molar-refractivity contribution in [2.24, 2.45) is 0 Å². The number of carbonyl (C=O) groups excluding carboxylic acids is 1. The summed E-state index contributed by atoms with van der Waals surface area (Å²) >= 11 is 0. The SMILES string of the molecule is COC(=O)C(C)O.OC1CCCCC1. The van der Waals surface area contributed by atoms with Crippen LogP contribution in [-0.4, -0.2) is 35.5 Å². The summed E-state index contributed by atoms with van der Waals surface area (Å²) < 4.78 is 4.12. The zero-order valence-electron chi connectivity index (χ0n) is 8.90. The van der Waals surface area contributed by atoms with Gasteiger partial charge in [0.15, 0.2) is 0 Å². The molecule has 2 N–H and O–H groups in total. The van der Waals surface area contributed by atoms with E-state index < -0.39 is 12.1 Å². The van der Waals surface area contributed by atoms with Crippen LogP contribution in [0.1, 0.15) is 39.0 Å². The van der Waals surface area contributed by atoms with Gasteiger partial charge in [0.1, 0.15) is 6.10 Å². The van der Waals surface area contributed by atoms with Gasteiger partial charge in [0.25, 0.3) is 0 Å². The topological polar surface area (TPSA) is 66.8 Å². The molecule has 1 unspecified atom stereocenters. The summed E-state index contributed by atoms with van der Waals surface area (Å²) in [4.78, 5) is 10.0. The lowest BCUT2D eigenvalue weighted by Crippen LogP contribution is -2.16. The second kappa shape index (κ2) is 7.76. The normalized spacial score (nSPS) is 19.1. The van der Waals surface area contributed by atoms with Gasteiger partial charge in [0, 0.05) is 0 Å². The maximum atomic E-state index is 10.0. The smallest absolute Gasteiger partial charge is 0.334 e. The minimum atomic E-state index is -0.995. The number of aliphatic hydroxyl groups is 2. The highest BCUT2D eigenvalue weighted by Gasteiger charge is 2.07. The fourth-order valence-electron chi connectivity index (χ4n) is 1.25. The van der Waals surface area contributed by atoms with Gasteiger partial charge in [-0.2, -0.15) is 0 Å². The lowest BCUT2D eigenvalue weighted by molar-refractivity contribution is -0.149. The Morgan fingerprint density at radius 3 is 2.00 bits per heavy atom. The molecule has 84 valence electrons. The van der Waals surface area contributed by atoms with Gasteiger partial charge in [0.05, 0.1) is 13.2 Å². The fraction of sp³-hybridized carbons (Fsp3) is 0.900. The number of rotatable bonds is 1. The second-order valence-electron chi connectivity index (χ2n) is 3.49. The highest BCUT2D eigenvalue weighted by Crippen LogP contribution is 2.16. The van der Waals surface area contributed by atoms with Gasteiger partial charge in [-0.05, 0) is 19.8 Å². The molecule has 4 nitrogen and oxygen atoms in total. The molecule has 0 heterocycles. The first-order valence-corrected chi connectivity index (χ1v) is 5.02. The predicted octanol–water partition coefficient (Wildman–Crippen LogP) is 0.852. The predicted molar refractivity (Wildman–Crippen MR) is 52.8 cm³/mol. The van der Waals surface area contributed by atoms with Crippen molar-refractivity contribution in [1.82, 2.24) is 0 Å². The molecule has 0 bridgehead atoms. The van der Waals surface area contributed by atoms with Gasteiger partial charge < -0.3 is 14.9 Å². The van der Waals surface area contributed by atoms with E-state index in [9.17, 15) is 4.79 Å². The third-order valence-electron chi connectivity index (χ3n) is 2.12. The number of hydrogen-bond donors (Lipinski definition) is 2. The number of esters is 1. The van der Waals surface area contributed by atoms with Crippen molar-refractivity contribution in [3.63, 3.8) is 0 Å². The van der Waals surface area contributed by atoms with Gasteiger partial charge in [-0.1, -0.05) is 19.3 Å². The summed E-state index contributed by atoms with van der Waals surface area (Å²) in [5.41, 5.74) is 0. The summed E-state index contributed by atoms with van der Waals surface area (Å²) in [6.07, 6.45) is 4.93. The second-order valence-corrected chi connectivity index (χ2v) is 3.49. The first kappa shape index (κ1) is 13.4. The average Bonchev–Trinajstić information content (AvgIpc) is 2.18. The van der Waals surface area contributed by atoms with Crippen LogP contribution in [0.4, 0.5) is 0 Å². The Bertz CT molecular complexity index is 150.